The van der Waals surface area contributed by atoms with Crippen molar-refractivity contribution in [1.29, 1.82) is 0 Å². The fraction of sp³-hybridized carbons (Fsp3) is 0.812. The first-order valence-electron chi connectivity index (χ1n) is 32.8. The van der Waals surface area contributed by atoms with Gasteiger partial charge in [-0.25, -0.2) is 0 Å². The Hall–Kier alpha value is -2.89. The molecule has 0 bridgehead atoms. The fourth-order valence-electron chi connectivity index (χ4n) is 9.57. The van der Waals surface area contributed by atoms with Gasteiger partial charge in [-0.05, 0) is 103 Å². The number of carbonyl (C=O) groups is 3. The van der Waals surface area contributed by atoms with E-state index in [0.29, 0.717) is 19.3 Å². The number of hydrogen-bond acceptors (Lipinski definition) is 6. The summed E-state index contributed by atoms with van der Waals surface area (Å²) in [6, 6.07) is 0. The molecule has 0 N–H and O–H groups in total. The molecule has 0 aromatic heterocycles. The van der Waals surface area contributed by atoms with Crippen molar-refractivity contribution in [2.24, 2.45) is 0 Å². The minimum absolute atomic E-state index is 0.0816. The maximum absolute atomic E-state index is 12.9. The standard InChI is InChI=1S/C69H124O6/c1-4-7-10-13-16-19-22-25-28-29-30-31-32-33-34-35-36-37-38-39-42-44-47-50-53-56-59-62-68(71)74-65-66(75-69(72)63-60-57-54-51-48-45-41-27-24-21-18-15-12-9-6-3)64-73-67(70)61-58-55-52-49-46-43-40-26-23-20-17-14-11-8-5-2/h9,12,18,21,26-27,29-30,40-41,66H,4-8,10-11,13-17,19-20,22-25,28,31-39,42-65H2,1-3H3/b12-9-,21-18-,30-29-,40-26-,41-27-. The number of allylic oxidation sites excluding steroid dienone is 10. The van der Waals surface area contributed by atoms with Crippen LogP contribution in [0.15, 0.2) is 60.8 Å². The van der Waals surface area contributed by atoms with Gasteiger partial charge in [0.15, 0.2) is 6.10 Å². The van der Waals surface area contributed by atoms with Gasteiger partial charge in [0.2, 0.25) is 0 Å². The third-order valence-electron chi connectivity index (χ3n) is 14.5. The van der Waals surface area contributed by atoms with Gasteiger partial charge in [-0.15, -0.1) is 0 Å². The lowest BCUT2D eigenvalue weighted by Gasteiger charge is -2.18. The van der Waals surface area contributed by atoms with Crippen LogP contribution < -0.4 is 0 Å². The summed E-state index contributed by atoms with van der Waals surface area (Å²) in [5.74, 6) is -0.891. The van der Waals surface area contributed by atoms with Crippen LogP contribution in [0.4, 0.5) is 0 Å². The summed E-state index contributed by atoms with van der Waals surface area (Å²) in [5.41, 5.74) is 0. The van der Waals surface area contributed by atoms with Crippen molar-refractivity contribution in [3.63, 3.8) is 0 Å². The Morgan fingerprint density at radius 1 is 0.280 bits per heavy atom. The van der Waals surface area contributed by atoms with Gasteiger partial charge in [0, 0.05) is 19.3 Å². The number of hydrogen-bond donors (Lipinski definition) is 0. The molecule has 75 heavy (non-hydrogen) atoms. The van der Waals surface area contributed by atoms with Crippen molar-refractivity contribution < 1.29 is 28.6 Å². The molecule has 0 aliphatic heterocycles. The Morgan fingerprint density at radius 2 is 0.520 bits per heavy atom. The molecule has 0 radical (unpaired) electrons. The van der Waals surface area contributed by atoms with Gasteiger partial charge in [0.05, 0.1) is 0 Å². The molecule has 0 aliphatic carbocycles. The zero-order chi connectivity index (χ0) is 54.3. The Balaban J connectivity index is 4.25. The summed E-state index contributed by atoms with van der Waals surface area (Å²) >= 11 is 0. The minimum Gasteiger partial charge on any atom is -0.462 e. The number of unbranched alkanes of at least 4 members (excludes halogenated alkanes) is 39. The molecule has 6 heteroatoms. The van der Waals surface area contributed by atoms with Crippen LogP contribution in [0.25, 0.3) is 0 Å². The summed E-state index contributed by atoms with van der Waals surface area (Å²) in [5, 5.41) is 0. The van der Waals surface area contributed by atoms with Crippen LogP contribution in [-0.4, -0.2) is 37.2 Å². The van der Waals surface area contributed by atoms with E-state index < -0.39 is 6.10 Å². The van der Waals surface area contributed by atoms with Gasteiger partial charge in [-0.3, -0.25) is 14.4 Å². The Morgan fingerprint density at radius 3 is 0.827 bits per heavy atom. The van der Waals surface area contributed by atoms with E-state index in [1.54, 1.807) is 0 Å². The van der Waals surface area contributed by atoms with Crippen LogP contribution in [0.5, 0.6) is 0 Å². The number of esters is 3. The van der Waals surface area contributed by atoms with Gasteiger partial charge in [-0.2, -0.15) is 0 Å². The predicted octanol–water partition coefficient (Wildman–Crippen LogP) is 22.3. The van der Waals surface area contributed by atoms with Crippen molar-refractivity contribution in [2.75, 3.05) is 13.2 Å². The molecule has 0 heterocycles. The molecule has 0 aromatic rings. The van der Waals surface area contributed by atoms with Gasteiger partial charge in [0.1, 0.15) is 13.2 Å². The zero-order valence-corrected chi connectivity index (χ0v) is 50.1. The largest absolute Gasteiger partial charge is 0.462 e. The van der Waals surface area contributed by atoms with E-state index in [4.69, 9.17) is 14.2 Å². The van der Waals surface area contributed by atoms with Gasteiger partial charge < -0.3 is 14.2 Å². The lowest BCUT2D eigenvalue weighted by molar-refractivity contribution is -0.167. The molecule has 0 amide bonds. The normalized spacial score (nSPS) is 12.4. The molecule has 6 nitrogen and oxygen atoms in total. The molecule has 1 unspecified atom stereocenters. The van der Waals surface area contributed by atoms with Gasteiger partial charge >= 0.3 is 17.9 Å². The van der Waals surface area contributed by atoms with Crippen LogP contribution in [0.3, 0.4) is 0 Å². The van der Waals surface area contributed by atoms with Gasteiger partial charge in [0.25, 0.3) is 0 Å². The zero-order valence-electron chi connectivity index (χ0n) is 50.1. The van der Waals surface area contributed by atoms with Crippen molar-refractivity contribution in [3.05, 3.63) is 60.8 Å². The van der Waals surface area contributed by atoms with E-state index in [0.717, 1.165) is 103 Å². The average molecular weight is 1050 g/mol. The van der Waals surface area contributed by atoms with Crippen molar-refractivity contribution in [1.82, 2.24) is 0 Å². The van der Waals surface area contributed by atoms with Crippen LogP contribution in [0.2, 0.25) is 0 Å². The first-order chi connectivity index (χ1) is 37.0. The summed E-state index contributed by atoms with van der Waals surface area (Å²) in [4.78, 5) is 38.3. The Labute approximate surface area is 466 Å². The van der Waals surface area contributed by atoms with E-state index >= 15 is 0 Å². The molecule has 0 fully saturated rings. The second kappa shape index (κ2) is 63.6. The summed E-state index contributed by atoms with van der Waals surface area (Å²) in [6.07, 6.45) is 81.0. The van der Waals surface area contributed by atoms with E-state index in [1.807, 2.05) is 0 Å². The average Bonchev–Trinajstić information content (AvgIpc) is 3.41. The first-order valence-corrected chi connectivity index (χ1v) is 32.8. The van der Waals surface area contributed by atoms with Crippen molar-refractivity contribution in [3.8, 4) is 0 Å². The molecule has 0 spiro atoms. The van der Waals surface area contributed by atoms with E-state index in [9.17, 15) is 14.4 Å². The van der Waals surface area contributed by atoms with Crippen LogP contribution in [0, 0.1) is 0 Å². The SMILES string of the molecule is CC/C=C\C/C=C\C/C=C\CCCCCCCC(=O)OC(COC(=O)CCCCCCC/C=C\CCCCCCCC)COC(=O)CCCCCCCCCCCCCCCCC/C=C\CCCCCCCCCC. The second-order valence-corrected chi connectivity index (χ2v) is 22.0. The summed E-state index contributed by atoms with van der Waals surface area (Å²) in [6.45, 7) is 6.54. The lowest BCUT2D eigenvalue weighted by atomic mass is 10.0. The van der Waals surface area contributed by atoms with Gasteiger partial charge in [-0.1, -0.05) is 281 Å². The second-order valence-electron chi connectivity index (χ2n) is 22.0. The van der Waals surface area contributed by atoms with Crippen molar-refractivity contribution in [2.45, 2.75) is 348 Å². The molecule has 0 aromatic carbocycles. The first kappa shape index (κ1) is 72.1. The predicted molar refractivity (Wildman–Crippen MR) is 325 cm³/mol. The molecular weight excluding hydrogens is 925 g/mol. The Kier molecular flexibility index (Phi) is 61.2. The van der Waals surface area contributed by atoms with E-state index in [2.05, 4.69) is 81.5 Å². The minimum atomic E-state index is -0.786. The quantitative estimate of drug-likeness (QED) is 0.0261. The molecular formula is C69H124O6. The number of ether oxygens (including phenoxy) is 3. The van der Waals surface area contributed by atoms with Crippen molar-refractivity contribution >= 4 is 17.9 Å². The summed E-state index contributed by atoms with van der Waals surface area (Å²) < 4.78 is 16.9. The maximum Gasteiger partial charge on any atom is 0.306 e. The topological polar surface area (TPSA) is 78.9 Å². The monoisotopic (exact) mass is 1050 g/mol. The number of carbonyl (C=O) groups excluding carboxylic acids is 3. The van der Waals surface area contributed by atoms with Crippen LogP contribution >= 0.6 is 0 Å². The van der Waals surface area contributed by atoms with E-state index in [-0.39, 0.29) is 31.1 Å². The molecule has 436 valence electrons. The maximum atomic E-state index is 12.9. The lowest BCUT2D eigenvalue weighted by Crippen LogP contribution is -2.30. The highest BCUT2D eigenvalue weighted by Gasteiger charge is 2.19. The molecule has 1 atom stereocenters. The third-order valence-corrected chi connectivity index (χ3v) is 14.5. The molecule has 0 aliphatic rings. The third kappa shape index (κ3) is 61.8. The molecule has 0 rings (SSSR count). The summed E-state index contributed by atoms with van der Waals surface area (Å²) in [7, 11) is 0. The highest BCUT2D eigenvalue weighted by atomic mass is 16.6. The molecule has 0 saturated carbocycles. The van der Waals surface area contributed by atoms with Crippen LogP contribution in [-0.2, 0) is 28.6 Å². The smallest absolute Gasteiger partial charge is 0.306 e. The molecule has 0 saturated heterocycles. The van der Waals surface area contributed by atoms with E-state index in [1.165, 1.54) is 199 Å². The Bertz CT molecular complexity index is 1340. The highest BCUT2D eigenvalue weighted by Crippen LogP contribution is 2.17. The highest BCUT2D eigenvalue weighted by molar-refractivity contribution is 5.71. The fourth-order valence-corrected chi connectivity index (χ4v) is 9.57. The number of rotatable bonds is 60. The van der Waals surface area contributed by atoms with Crippen LogP contribution in [0.1, 0.15) is 342 Å².